The Kier molecular flexibility index (Phi) is 5.05. The second-order valence-electron chi connectivity index (χ2n) is 7.04. The second-order valence-corrected chi connectivity index (χ2v) is 7.04. The lowest BCUT2D eigenvalue weighted by atomic mass is 10.1. The Hall–Kier alpha value is -2.55. The van der Waals surface area contributed by atoms with Crippen LogP contribution < -0.4 is 4.74 Å². The van der Waals surface area contributed by atoms with Gasteiger partial charge in [-0.25, -0.2) is 4.98 Å². The van der Waals surface area contributed by atoms with E-state index in [9.17, 15) is 0 Å². The Labute approximate surface area is 155 Å². The molecule has 3 heteroatoms. The predicted molar refractivity (Wildman–Crippen MR) is 107 cm³/mol. The number of nitrogens with zero attached hydrogens (tertiary/aromatic N) is 2. The van der Waals surface area contributed by atoms with Crippen molar-refractivity contribution in [3.63, 3.8) is 0 Å². The van der Waals surface area contributed by atoms with Crippen molar-refractivity contribution in [3.8, 4) is 5.75 Å². The summed E-state index contributed by atoms with van der Waals surface area (Å²) in [5.41, 5.74) is 3.61. The Bertz CT molecular complexity index is 892. The number of benzene rings is 2. The average molecular weight is 346 g/mol. The van der Waals surface area contributed by atoms with Crippen molar-refractivity contribution in [2.45, 2.75) is 44.6 Å². The molecule has 1 fully saturated rings. The van der Waals surface area contributed by atoms with Gasteiger partial charge in [-0.1, -0.05) is 36.4 Å². The molecule has 0 aliphatic heterocycles. The molecule has 0 amide bonds. The molecule has 1 heterocycles. The van der Waals surface area contributed by atoms with Gasteiger partial charge in [0.1, 0.15) is 11.6 Å². The molecule has 26 heavy (non-hydrogen) atoms. The minimum absolute atomic E-state index is 0.671. The van der Waals surface area contributed by atoms with E-state index in [-0.39, 0.29) is 0 Å². The van der Waals surface area contributed by atoms with Crippen LogP contribution in [0, 0.1) is 0 Å². The van der Waals surface area contributed by atoms with Crippen LogP contribution in [0.25, 0.3) is 11.0 Å². The molecule has 0 bridgehead atoms. The number of rotatable bonds is 9. The van der Waals surface area contributed by atoms with Crippen LogP contribution in [0.3, 0.4) is 0 Å². The third-order valence-corrected chi connectivity index (χ3v) is 5.00. The summed E-state index contributed by atoms with van der Waals surface area (Å²) in [6, 6.07) is 16.7. The second kappa shape index (κ2) is 7.77. The summed E-state index contributed by atoms with van der Waals surface area (Å²) in [5, 5.41) is 0. The third kappa shape index (κ3) is 3.67. The van der Waals surface area contributed by atoms with Gasteiger partial charge in [0, 0.05) is 12.5 Å². The number of aromatic nitrogens is 2. The quantitative estimate of drug-likeness (QED) is 0.378. The maximum Gasteiger partial charge on any atom is 0.122 e. The molecule has 0 radical (unpaired) electrons. The number of aryl methyl sites for hydroxylation is 1. The monoisotopic (exact) mass is 346 g/mol. The molecule has 2 aromatic carbocycles. The van der Waals surface area contributed by atoms with Crippen LogP contribution in [0.4, 0.5) is 0 Å². The van der Waals surface area contributed by atoms with E-state index in [1.54, 1.807) is 0 Å². The SMILES string of the molecule is C=CCc1ccccc1OCCCCn1c(C2CC2)nc2ccccc21. The number of unbranched alkanes of at least 4 members (excludes halogenated alkanes) is 1. The van der Waals surface area contributed by atoms with E-state index in [0.717, 1.165) is 43.7 Å². The van der Waals surface area contributed by atoms with E-state index in [2.05, 4.69) is 47.5 Å². The van der Waals surface area contributed by atoms with Crippen LogP contribution in [0.15, 0.2) is 61.2 Å². The van der Waals surface area contributed by atoms with E-state index >= 15 is 0 Å². The van der Waals surface area contributed by atoms with Crippen molar-refractivity contribution < 1.29 is 4.74 Å². The summed E-state index contributed by atoms with van der Waals surface area (Å²) in [6.07, 6.45) is 7.48. The first kappa shape index (κ1) is 16.9. The largest absolute Gasteiger partial charge is 0.493 e. The minimum Gasteiger partial charge on any atom is -0.493 e. The van der Waals surface area contributed by atoms with Crippen LogP contribution in [0.2, 0.25) is 0 Å². The van der Waals surface area contributed by atoms with Gasteiger partial charge in [0.2, 0.25) is 0 Å². The Balaban J connectivity index is 1.35. The van der Waals surface area contributed by atoms with Gasteiger partial charge in [-0.2, -0.15) is 0 Å². The van der Waals surface area contributed by atoms with Crippen molar-refractivity contribution in [3.05, 3.63) is 72.6 Å². The molecule has 1 aromatic heterocycles. The minimum atomic E-state index is 0.671. The molecule has 0 saturated heterocycles. The lowest BCUT2D eigenvalue weighted by Crippen LogP contribution is -2.06. The molecule has 3 aromatic rings. The predicted octanol–water partition coefficient (Wildman–Crippen LogP) is 5.50. The number of para-hydroxylation sites is 3. The highest BCUT2D eigenvalue weighted by Crippen LogP contribution is 2.40. The van der Waals surface area contributed by atoms with Crippen LogP contribution in [0.1, 0.15) is 43.0 Å². The molecule has 0 spiro atoms. The number of ether oxygens (including phenoxy) is 1. The number of hydrogen-bond donors (Lipinski definition) is 0. The van der Waals surface area contributed by atoms with Crippen LogP contribution in [-0.4, -0.2) is 16.2 Å². The Morgan fingerprint density at radius 3 is 2.73 bits per heavy atom. The zero-order valence-corrected chi connectivity index (χ0v) is 15.2. The number of hydrogen-bond acceptors (Lipinski definition) is 2. The van der Waals surface area contributed by atoms with Crippen LogP contribution in [0.5, 0.6) is 5.75 Å². The van der Waals surface area contributed by atoms with E-state index in [1.165, 1.54) is 29.7 Å². The summed E-state index contributed by atoms with van der Waals surface area (Å²) in [5.74, 6) is 2.94. The van der Waals surface area contributed by atoms with Gasteiger partial charge in [0.15, 0.2) is 0 Å². The van der Waals surface area contributed by atoms with E-state index in [1.807, 2.05) is 18.2 Å². The highest BCUT2D eigenvalue weighted by molar-refractivity contribution is 5.76. The summed E-state index contributed by atoms with van der Waals surface area (Å²) in [4.78, 5) is 4.88. The summed E-state index contributed by atoms with van der Waals surface area (Å²) >= 11 is 0. The van der Waals surface area contributed by atoms with Gasteiger partial charge in [-0.3, -0.25) is 0 Å². The van der Waals surface area contributed by atoms with Crippen molar-refractivity contribution in [2.75, 3.05) is 6.61 Å². The highest BCUT2D eigenvalue weighted by Gasteiger charge is 2.29. The first-order valence-electron chi connectivity index (χ1n) is 9.63. The zero-order valence-electron chi connectivity index (χ0n) is 15.2. The molecule has 0 atom stereocenters. The fourth-order valence-corrected chi connectivity index (χ4v) is 3.51. The normalized spacial score (nSPS) is 13.8. The molecule has 4 rings (SSSR count). The van der Waals surface area contributed by atoms with Gasteiger partial charge >= 0.3 is 0 Å². The van der Waals surface area contributed by atoms with Gasteiger partial charge in [-0.05, 0) is 55.9 Å². The van der Waals surface area contributed by atoms with E-state index < -0.39 is 0 Å². The fraction of sp³-hybridized carbons (Fsp3) is 0.348. The Morgan fingerprint density at radius 2 is 1.88 bits per heavy atom. The average Bonchev–Trinajstić information content (AvgIpc) is 3.45. The molecular weight excluding hydrogens is 320 g/mol. The number of allylic oxidation sites excluding steroid dienone is 1. The maximum atomic E-state index is 6.01. The summed E-state index contributed by atoms with van der Waals surface area (Å²) < 4.78 is 8.44. The van der Waals surface area contributed by atoms with Gasteiger partial charge in [0.25, 0.3) is 0 Å². The van der Waals surface area contributed by atoms with Crippen molar-refractivity contribution in [2.24, 2.45) is 0 Å². The van der Waals surface area contributed by atoms with Gasteiger partial charge in [-0.15, -0.1) is 6.58 Å². The maximum absolute atomic E-state index is 6.01. The molecule has 1 aliphatic carbocycles. The third-order valence-electron chi connectivity index (χ3n) is 5.00. The van der Waals surface area contributed by atoms with E-state index in [4.69, 9.17) is 9.72 Å². The number of imidazole rings is 1. The standard InChI is InChI=1S/C23H26N2O/c1-2-9-18-10-3-6-13-22(18)26-17-8-7-16-25-21-12-5-4-11-20(21)24-23(25)19-14-15-19/h2-6,10-13,19H,1,7-9,14-17H2. The molecule has 0 unspecified atom stereocenters. The van der Waals surface area contributed by atoms with Gasteiger partial charge < -0.3 is 9.30 Å². The molecular formula is C23H26N2O. The Morgan fingerprint density at radius 1 is 1.08 bits per heavy atom. The molecule has 1 saturated carbocycles. The molecule has 1 aliphatic rings. The van der Waals surface area contributed by atoms with E-state index in [0.29, 0.717) is 5.92 Å². The molecule has 3 nitrogen and oxygen atoms in total. The van der Waals surface area contributed by atoms with Crippen molar-refractivity contribution in [1.82, 2.24) is 9.55 Å². The van der Waals surface area contributed by atoms with Gasteiger partial charge in [0.05, 0.1) is 17.6 Å². The molecule has 0 N–H and O–H groups in total. The van der Waals surface area contributed by atoms with Crippen molar-refractivity contribution in [1.29, 1.82) is 0 Å². The lowest BCUT2D eigenvalue weighted by molar-refractivity contribution is 0.301. The van der Waals surface area contributed by atoms with Crippen molar-refractivity contribution >= 4 is 11.0 Å². The smallest absolute Gasteiger partial charge is 0.122 e. The summed E-state index contributed by atoms with van der Waals surface area (Å²) in [6.45, 7) is 5.59. The molecule has 134 valence electrons. The number of fused-ring (bicyclic) bond motifs is 1. The summed E-state index contributed by atoms with van der Waals surface area (Å²) in [7, 11) is 0. The van der Waals surface area contributed by atoms with Crippen LogP contribution in [-0.2, 0) is 13.0 Å². The van der Waals surface area contributed by atoms with Crippen LogP contribution >= 0.6 is 0 Å². The zero-order chi connectivity index (χ0) is 17.8. The fourth-order valence-electron chi connectivity index (χ4n) is 3.51. The highest BCUT2D eigenvalue weighted by atomic mass is 16.5. The lowest BCUT2D eigenvalue weighted by Gasteiger charge is -2.11. The first-order valence-corrected chi connectivity index (χ1v) is 9.63. The topological polar surface area (TPSA) is 27.1 Å². The first-order chi connectivity index (χ1) is 12.9.